The number of ether oxygens (including phenoxy) is 1. The first kappa shape index (κ1) is 24.3. The van der Waals surface area contributed by atoms with E-state index in [1.807, 2.05) is 4.90 Å². The molecule has 30 heavy (non-hydrogen) atoms. The zero-order valence-electron chi connectivity index (χ0n) is 17.9. The molecule has 1 aliphatic rings. The van der Waals surface area contributed by atoms with Crippen LogP contribution in [0.1, 0.15) is 46.1 Å². The van der Waals surface area contributed by atoms with Gasteiger partial charge in [0.1, 0.15) is 5.75 Å². The van der Waals surface area contributed by atoms with E-state index in [0.717, 1.165) is 24.3 Å². The third kappa shape index (κ3) is 6.02. The summed E-state index contributed by atoms with van der Waals surface area (Å²) in [5, 5.41) is 29.4. The van der Waals surface area contributed by atoms with Crippen LogP contribution in [0.2, 0.25) is 0 Å². The van der Waals surface area contributed by atoms with Crippen molar-refractivity contribution in [3.63, 3.8) is 0 Å². The number of piperidine rings is 1. The monoisotopic (exact) mass is 430 g/mol. The van der Waals surface area contributed by atoms with E-state index in [0.29, 0.717) is 18.7 Å². The maximum Gasteiger partial charge on any atom is 0.412 e. The molecule has 1 saturated heterocycles. The van der Waals surface area contributed by atoms with Gasteiger partial charge in [0.25, 0.3) is 0 Å². The average Bonchev–Trinajstić information content (AvgIpc) is 2.62. The molecule has 1 amide bonds. The van der Waals surface area contributed by atoms with Crippen molar-refractivity contribution in [3.8, 4) is 5.75 Å². The molecule has 7 nitrogen and oxygen atoms in total. The number of hydrogen-bond acceptors (Lipinski definition) is 5. The molecule has 9 heteroatoms. The summed E-state index contributed by atoms with van der Waals surface area (Å²) in [6.45, 7) is 4.87. The third-order valence-electron chi connectivity index (χ3n) is 5.49. The highest BCUT2D eigenvalue weighted by molar-refractivity contribution is 5.88. The number of carboxylic acid groups (broad SMARTS) is 1. The highest BCUT2D eigenvalue weighted by atomic mass is 19.3. The van der Waals surface area contributed by atoms with Crippen molar-refractivity contribution >= 4 is 11.8 Å². The number of anilines is 1. The Kier molecular flexibility index (Phi) is 7.65. The Bertz CT molecular complexity index is 737. The molecule has 1 aromatic carbocycles. The summed E-state index contributed by atoms with van der Waals surface area (Å²) in [4.78, 5) is 14.8. The molecule has 1 aliphatic heterocycles. The number of nitrogens with zero attached hydrogens (tertiary/aromatic N) is 2. The van der Waals surface area contributed by atoms with Crippen LogP contribution < -0.4 is 9.64 Å². The first-order chi connectivity index (χ1) is 13.8. The van der Waals surface area contributed by atoms with Gasteiger partial charge in [-0.25, -0.2) is 4.79 Å². The summed E-state index contributed by atoms with van der Waals surface area (Å²) in [5.74, 6) is -0.215. The van der Waals surface area contributed by atoms with Gasteiger partial charge in [0.15, 0.2) is 0 Å². The fourth-order valence-corrected chi connectivity index (χ4v) is 3.88. The lowest BCUT2D eigenvalue weighted by molar-refractivity contribution is -0.0702. The second-order valence-corrected chi connectivity index (χ2v) is 9.05. The van der Waals surface area contributed by atoms with Crippen LogP contribution in [0, 0.1) is 5.92 Å². The number of amides is 1. The highest BCUT2D eigenvalue weighted by Crippen LogP contribution is 2.33. The van der Waals surface area contributed by atoms with Crippen molar-refractivity contribution < 1.29 is 33.6 Å². The Balaban J connectivity index is 2.30. The first-order valence-electron chi connectivity index (χ1n) is 10.0. The van der Waals surface area contributed by atoms with Crippen LogP contribution in [-0.4, -0.2) is 63.8 Å². The minimum absolute atomic E-state index is 0.0750. The van der Waals surface area contributed by atoms with E-state index in [4.69, 9.17) is 4.74 Å². The van der Waals surface area contributed by atoms with Crippen LogP contribution in [0.15, 0.2) is 18.2 Å². The predicted octanol–water partition coefficient (Wildman–Crippen LogP) is 3.53. The number of benzene rings is 1. The Labute approximate surface area is 175 Å². The Morgan fingerprint density at radius 2 is 2.00 bits per heavy atom. The van der Waals surface area contributed by atoms with E-state index in [9.17, 15) is 28.9 Å². The topological polar surface area (TPSA) is 93.5 Å². The van der Waals surface area contributed by atoms with Gasteiger partial charge in [-0.15, -0.1) is 0 Å². The van der Waals surface area contributed by atoms with Crippen molar-refractivity contribution in [2.75, 3.05) is 24.6 Å². The van der Waals surface area contributed by atoms with Gasteiger partial charge in [-0.05, 0) is 53.1 Å². The molecule has 0 aliphatic carbocycles. The number of carbonyl (C=O) groups is 1. The third-order valence-corrected chi connectivity index (χ3v) is 5.49. The second-order valence-electron chi connectivity index (χ2n) is 9.05. The van der Waals surface area contributed by atoms with Crippen molar-refractivity contribution in [1.82, 2.24) is 4.90 Å². The molecule has 0 aromatic heterocycles. The van der Waals surface area contributed by atoms with E-state index >= 15 is 0 Å². The zero-order valence-corrected chi connectivity index (χ0v) is 17.9. The maximum atomic E-state index is 13.0. The lowest BCUT2D eigenvalue weighted by atomic mass is 9.83. The summed E-state index contributed by atoms with van der Waals surface area (Å²) in [5.41, 5.74) is -1.23. The number of likely N-dealkylation sites (tertiary alicyclic amines) is 1. The Morgan fingerprint density at radius 1 is 1.33 bits per heavy atom. The molecule has 0 unspecified atom stereocenters. The standard InChI is InChI=1S/C21H32F2N2O5/c1-20(2,3)25(19(27)28)16-8-7-14(17(10-16)30-18(22)23)11-24-9-5-6-15(12-24)21(4,29)13-26/h7-8,10,15,18,26,29H,5-6,9,11-13H2,1-4H3,(H,27,28)/t15-,21+/m0/s1. The lowest BCUT2D eigenvalue weighted by Gasteiger charge is -2.39. The maximum absolute atomic E-state index is 13.0. The molecule has 1 fully saturated rings. The quantitative estimate of drug-likeness (QED) is 0.613. The van der Waals surface area contributed by atoms with Crippen molar-refractivity contribution in [3.05, 3.63) is 23.8 Å². The van der Waals surface area contributed by atoms with E-state index in [1.54, 1.807) is 39.8 Å². The number of aliphatic hydroxyl groups excluding tert-OH is 1. The molecule has 0 radical (unpaired) electrons. The summed E-state index contributed by atoms with van der Waals surface area (Å²) in [6, 6.07) is 4.51. The van der Waals surface area contributed by atoms with E-state index in [1.165, 1.54) is 6.07 Å². The summed E-state index contributed by atoms with van der Waals surface area (Å²) >= 11 is 0. The van der Waals surface area contributed by atoms with Crippen LogP contribution in [0.25, 0.3) is 0 Å². The van der Waals surface area contributed by atoms with Crippen molar-refractivity contribution in [2.24, 2.45) is 5.92 Å². The van der Waals surface area contributed by atoms with Crippen LogP contribution in [0.3, 0.4) is 0 Å². The van der Waals surface area contributed by atoms with Gasteiger partial charge < -0.3 is 20.1 Å². The zero-order chi connectivity index (χ0) is 22.7. The predicted molar refractivity (Wildman–Crippen MR) is 109 cm³/mol. The number of rotatable bonds is 7. The van der Waals surface area contributed by atoms with Gasteiger partial charge in [0, 0.05) is 36.2 Å². The average molecular weight is 430 g/mol. The largest absolute Gasteiger partial charge is 0.465 e. The van der Waals surface area contributed by atoms with E-state index in [2.05, 4.69) is 0 Å². The van der Waals surface area contributed by atoms with Crippen LogP contribution in [0.5, 0.6) is 5.75 Å². The fourth-order valence-electron chi connectivity index (χ4n) is 3.88. The summed E-state index contributed by atoms with van der Waals surface area (Å²) < 4.78 is 30.8. The lowest BCUT2D eigenvalue weighted by Crippen LogP contribution is -2.48. The molecule has 1 aromatic rings. The first-order valence-corrected chi connectivity index (χ1v) is 10.0. The number of halogens is 2. The van der Waals surface area contributed by atoms with Gasteiger partial charge >= 0.3 is 12.7 Å². The van der Waals surface area contributed by atoms with Gasteiger partial charge in [-0.2, -0.15) is 8.78 Å². The normalized spacial score (nSPS) is 20.1. The molecular formula is C21H32F2N2O5. The molecule has 1 heterocycles. The van der Waals surface area contributed by atoms with Gasteiger partial charge in [-0.3, -0.25) is 9.80 Å². The molecule has 0 bridgehead atoms. The van der Waals surface area contributed by atoms with Crippen molar-refractivity contribution in [1.29, 1.82) is 0 Å². The number of hydrogen-bond donors (Lipinski definition) is 3. The molecule has 0 spiro atoms. The van der Waals surface area contributed by atoms with Gasteiger partial charge in [-0.1, -0.05) is 6.07 Å². The van der Waals surface area contributed by atoms with E-state index < -0.39 is 23.8 Å². The van der Waals surface area contributed by atoms with Crippen LogP contribution in [0.4, 0.5) is 19.3 Å². The molecule has 170 valence electrons. The fraction of sp³-hybridized carbons (Fsp3) is 0.667. The van der Waals surface area contributed by atoms with Gasteiger partial charge in [0.2, 0.25) is 0 Å². The Morgan fingerprint density at radius 3 is 2.53 bits per heavy atom. The van der Waals surface area contributed by atoms with Gasteiger partial charge in [0.05, 0.1) is 17.9 Å². The summed E-state index contributed by atoms with van der Waals surface area (Å²) in [6.07, 6.45) is 0.381. The van der Waals surface area contributed by atoms with E-state index in [-0.39, 0.29) is 24.0 Å². The minimum Gasteiger partial charge on any atom is -0.465 e. The van der Waals surface area contributed by atoms with Crippen molar-refractivity contribution in [2.45, 2.75) is 64.8 Å². The SMILES string of the molecule is CC(C)(C)N(C(=O)O)c1ccc(CN2CCC[C@H]([C@](C)(O)CO)C2)c(OC(F)F)c1. The molecule has 3 N–H and O–H groups in total. The summed E-state index contributed by atoms with van der Waals surface area (Å²) in [7, 11) is 0. The molecule has 2 atom stereocenters. The van der Waals surface area contributed by atoms with Crippen LogP contribution in [-0.2, 0) is 6.54 Å². The molecular weight excluding hydrogens is 398 g/mol. The molecule has 0 saturated carbocycles. The number of aliphatic hydroxyl groups is 2. The second kappa shape index (κ2) is 9.45. The Hall–Kier alpha value is -1.97. The molecule has 2 rings (SSSR count). The van der Waals surface area contributed by atoms with Crippen LogP contribution >= 0.6 is 0 Å². The highest BCUT2D eigenvalue weighted by Gasteiger charge is 2.35. The smallest absolute Gasteiger partial charge is 0.412 e. The number of alkyl halides is 2. The minimum atomic E-state index is -3.05.